The Morgan fingerprint density at radius 2 is 1.88 bits per heavy atom. The second-order valence-electron chi connectivity index (χ2n) is 6.25. The van der Waals surface area contributed by atoms with E-state index in [0.717, 1.165) is 28.1 Å². The normalized spacial score (nSPS) is 11.0. The van der Waals surface area contributed by atoms with Crippen LogP contribution in [0.3, 0.4) is 0 Å². The molecule has 0 N–H and O–H groups in total. The number of aryl methyl sites for hydroxylation is 2. The number of hydrogen-bond acceptors (Lipinski definition) is 4. The van der Waals surface area contributed by atoms with Gasteiger partial charge in [0.05, 0.1) is 11.4 Å². The number of rotatable bonds is 4. The summed E-state index contributed by atoms with van der Waals surface area (Å²) < 4.78 is 7.55. The Kier molecular flexibility index (Phi) is 4.31. The van der Waals surface area contributed by atoms with Crippen molar-refractivity contribution in [2.45, 2.75) is 20.5 Å². The van der Waals surface area contributed by atoms with Crippen LogP contribution in [0.25, 0.3) is 16.2 Å². The number of thiazole rings is 1. The van der Waals surface area contributed by atoms with E-state index in [1.54, 1.807) is 10.5 Å². The van der Waals surface area contributed by atoms with Crippen LogP contribution in [0.4, 0.5) is 0 Å². The van der Waals surface area contributed by atoms with Crippen molar-refractivity contribution in [3.63, 3.8) is 0 Å². The van der Waals surface area contributed by atoms with Crippen LogP contribution in [0.1, 0.15) is 16.8 Å². The Labute approximate surface area is 155 Å². The second-order valence-corrected chi connectivity index (χ2v) is 7.08. The third-order valence-electron chi connectivity index (χ3n) is 4.25. The van der Waals surface area contributed by atoms with Crippen molar-refractivity contribution in [2.75, 3.05) is 0 Å². The van der Waals surface area contributed by atoms with Crippen LogP contribution in [-0.4, -0.2) is 9.38 Å². The molecule has 2 aromatic heterocycles. The Morgan fingerprint density at radius 1 is 1.08 bits per heavy atom. The fraction of sp³-hybridized carbons (Fsp3) is 0.143. The van der Waals surface area contributed by atoms with E-state index in [0.29, 0.717) is 10.7 Å². The number of benzene rings is 2. The van der Waals surface area contributed by atoms with Gasteiger partial charge in [-0.2, -0.15) is 0 Å². The van der Waals surface area contributed by atoms with Crippen molar-refractivity contribution >= 4 is 16.3 Å². The average Bonchev–Trinajstić information content (AvgIpc) is 3.08. The summed E-state index contributed by atoms with van der Waals surface area (Å²) in [6.07, 6.45) is 0. The highest BCUT2D eigenvalue weighted by Crippen LogP contribution is 2.24. The summed E-state index contributed by atoms with van der Waals surface area (Å²) in [5, 5.41) is 1.97. The van der Waals surface area contributed by atoms with Crippen molar-refractivity contribution in [2.24, 2.45) is 0 Å². The van der Waals surface area contributed by atoms with Gasteiger partial charge in [-0.25, -0.2) is 4.98 Å². The summed E-state index contributed by atoms with van der Waals surface area (Å²) in [5.41, 5.74) is 4.62. The maximum Gasteiger partial charge on any atom is 0.259 e. The number of hydrogen-bond donors (Lipinski definition) is 0. The van der Waals surface area contributed by atoms with Crippen molar-refractivity contribution in [1.29, 1.82) is 0 Å². The number of ether oxygens (including phenoxy) is 1. The van der Waals surface area contributed by atoms with E-state index in [9.17, 15) is 4.79 Å². The van der Waals surface area contributed by atoms with Crippen LogP contribution in [0.15, 0.2) is 64.8 Å². The van der Waals surface area contributed by atoms with Crippen molar-refractivity contribution < 1.29 is 4.74 Å². The van der Waals surface area contributed by atoms with Gasteiger partial charge in [-0.15, -0.1) is 11.3 Å². The molecule has 0 radical (unpaired) electrons. The SMILES string of the molecule is Cc1ccc(C)c(OCc2cc(=O)n3c(-c4ccccc4)csc3n2)c1. The van der Waals surface area contributed by atoms with Gasteiger partial charge < -0.3 is 4.74 Å². The van der Waals surface area contributed by atoms with Crippen LogP contribution in [-0.2, 0) is 6.61 Å². The van der Waals surface area contributed by atoms with Gasteiger partial charge in [0.25, 0.3) is 5.56 Å². The molecule has 0 bridgehead atoms. The molecule has 0 amide bonds. The minimum Gasteiger partial charge on any atom is -0.487 e. The van der Waals surface area contributed by atoms with E-state index < -0.39 is 0 Å². The van der Waals surface area contributed by atoms with Gasteiger partial charge in [0.15, 0.2) is 4.96 Å². The number of fused-ring (bicyclic) bond motifs is 1. The summed E-state index contributed by atoms with van der Waals surface area (Å²) in [6, 6.07) is 17.5. The fourth-order valence-corrected chi connectivity index (χ4v) is 3.79. The summed E-state index contributed by atoms with van der Waals surface area (Å²) in [5.74, 6) is 0.822. The first-order chi connectivity index (χ1) is 12.6. The molecule has 2 heterocycles. The van der Waals surface area contributed by atoms with Crippen LogP contribution in [0, 0.1) is 13.8 Å². The van der Waals surface area contributed by atoms with E-state index in [-0.39, 0.29) is 12.2 Å². The van der Waals surface area contributed by atoms with E-state index in [4.69, 9.17) is 4.74 Å². The van der Waals surface area contributed by atoms with Crippen LogP contribution in [0.2, 0.25) is 0 Å². The topological polar surface area (TPSA) is 43.6 Å². The molecule has 0 unspecified atom stereocenters. The highest BCUT2D eigenvalue weighted by atomic mass is 32.1. The Bertz CT molecular complexity index is 1130. The summed E-state index contributed by atoms with van der Waals surface area (Å²) in [6.45, 7) is 4.31. The molecule has 0 spiro atoms. The molecule has 4 rings (SSSR count). The zero-order valence-corrected chi connectivity index (χ0v) is 15.4. The van der Waals surface area contributed by atoms with Gasteiger partial charge in [0.2, 0.25) is 0 Å². The maximum absolute atomic E-state index is 12.7. The smallest absolute Gasteiger partial charge is 0.259 e. The monoisotopic (exact) mass is 362 g/mol. The predicted octanol–water partition coefficient (Wildman–Crippen LogP) is 4.62. The second kappa shape index (κ2) is 6.77. The van der Waals surface area contributed by atoms with Gasteiger partial charge in [-0.3, -0.25) is 9.20 Å². The first kappa shape index (κ1) is 16.5. The first-order valence-electron chi connectivity index (χ1n) is 8.37. The number of nitrogens with zero attached hydrogens (tertiary/aromatic N) is 2. The summed E-state index contributed by atoms with van der Waals surface area (Å²) >= 11 is 1.46. The third kappa shape index (κ3) is 3.13. The Morgan fingerprint density at radius 3 is 2.69 bits per heavy atom. The molecule has 5 heteroatoms. The lowest BCUT2D eigenvalue weighted by molar-refractivity contribution is 0.299. The molecule has 4 aromatic rings. The molecule has 2 aromatic carbocycles. The molecule has 0 aliphatic carbocycles. The van der Waals surface area contributed by atoms with E-state index >= 15 is 0 Å². The first-order valence-corrected chi connectivity index (χ1v) is 9.25. The van der Waals surface area contributed by atoms with E-state index in [2.05, 4.69) is 11.1 Å². The lowest BCUT2D eigenvalue weighted by atomic mass is 10.1. The summed E-state index contributed by atoms with van der Waals surface area (Å²) in [7, 11) is 0. The summed E-state index contributed by atoms with van der Waals surface area (Å²) in [4.78, 5) is 17.9. The zero-order valence-electron chi connectivity index (χ0n) is 14.6. The van der Waals surface area contributed by atoms with E-state index in [1.165, 1.54) is 11.3 Å². The molecule has 0 aliphatic rings. The highest BCUT2D eigenvalue weighted by molar-refractivity contribution is 7.15. The van der Waals surface area contributed by atoms with E-state index in [1.807, 2.05) is 61.7 Å². The largest absolute Gasteiger partial charge is 0.487 e. The Balaban J connectivity index is 1.66. The molecule has 26 heavy (non-hydrogen) atoms. The molecule has 0 aliphatic heterocycles. The zero-order chi connectivity index (χ0) is 18.1. The minimum absolute atomic E-state index is 0.0883. The molecule has 0 saturated carbocycles. The quantitative estimate of drug-likeness (QED) is 0.532. The molecule has 130 valence electrons. The van der Waals surface area contributed by atoms with Crippen molar-refractivity contribution in [1.82, 2.24) is 9.38 Å². The molecular weight excluding hydrogens is 344 g/mol. The lowest BCUT2D eigenvalue weighted by Gasteiger charge is -2.10. The number of aromatic nitrogens is 2. The molecule has 4 nitrogen and oxygen atoms in total. The Hall–Kier alpha value is -2.92. The van der Waals surface area contributed by atoms with Crippen LogP contribution in [0.5, 0.6) is 5.75 Å². The van der Waals surface area contributed by atoms with Crippen molar-refractivity contribution in [3.05, 3.63) is 87.2 Å². The lowest BCUT2D eigenvalue weighted by Crippen LogP contribution is -2.16. The van der Waals surface area contributed by atoms with Crippen molar-refractivity contribution in [3.8, 4) is 17.0 Å². The predicted molar refractivity (Wildman–Crippen MR) is 105 cm³/mol. The maximum atomic E-state index is 12.7. The third-order valence-corrected chi connectivity index (χ3v) is 5.07. The molecule has 0 atom stereocenters. The standard InChI is InChI=1S/C21H18N2O2S/c1-14-8-9-15(2)19(10-14)25-12-17-11-20(24)23-18(13-26-21(23)22-17)16-6-4-3-5-7-16/h3-11,13H,12H2,1-2H3. The fourth-order valence-electron chi connectivity index (χ4n) is 2.86. The van der Waals surface area contributed by atoms with Gasteiger partial charge in [0.1, 0.15) is 12.4 Å². The molecule has 0 saturated heterocycles. The highest BCUT2D eigenvalue weighted by Gasteiger charge is 2.11. The van der Waals surface area contributed by atoms with Gasteiger partial charge in [-0.1, -0.05) is 42.5 Å². The van der Waals surface area contributed by atoms with Gasteiger partial charge in [0, 0.05) is 11.4 Å². The minimum atomic E-state index is -0.0883. The van der Waals surface area contributed by atoms with Gasteiger partial charge >= 0.3 is 0 Å². The molecular formula is C21H18N2O2S. The average molecular weight is 362 g/mol. The van der Waals surface area contributed by atoms with Gasteiger partial charge in [-0.05, 0) is 36.6 Å². The van der Waals surface area contributed by atoms with Crippen LogP contribution >= 0.6 is 11.3 Å². The molecule has 0 fully saturated rings. The van der Waals surface area contributed by atoms with Crippen LogP contribution < -0.4 is 10.3 Å².